The van der Waals surface area contributed by atoms with Gasteiger partial charge in [0.1, 0.15) is 17.3 Å². The highest BCUT2D eigenvalue weighted by Crippen LogP contribution is 2.20. The number of halogens is 2. The second kappa shape index (κ2) is 5.48. The van der Waals surface area contributed by atoms with E-state index in [2.05, 4.69) is 10.3 Å². The van der Waals surface area contributed by atoms with Gasteiger partial charge in [0.15, 0.2) is 0 Å². The maximum Gasteiger partial charge on any atom is 0.149 e. The number of anilines is 1. The van der Waals surface area contributed by atoms with E-state index in [1.807, 2.05) is 37.3 Å². The first kappa shape index (κ1) is 13.5. The van der Waals surface area contributed by atoms with Crippen molar-refractivity contribution in [1.29, 1.82) is 0 Å². The molecule has 1 aromatic heterocycles. The van der Waals surface area contributed by atoms with E-state index in [9.17, 15) is 8.78 Å². The Labute approximate surface area is 121 Å². The molecule has 2 nitrogen and oxygen atoms in total. The number of pyridine rings is 1. The highest BCUT2D eigenvalue weighted by molar-refractivity contribution is 5.79. The predicted molar refractivity (Wildman–Crippen MR) is 80.2 cm³/mol. The number of rotatable bonds is 3. The van der Waals surface area contributed by atoms with Gasteiger partial charge in [0.05, 0.1) is 5.52 Å². The number of hydrogen-bond donors (Lipinski definition) is 1. The highest BCUT2D eigenvalue weighted by Gasteiger charge is 2.07. The number of para-hydroxylation sites is 1. The molecule has 0 saturated carbocycles. The molecule has 0 unspecified atom stereocenters. The molecule has 0 atom stereocenters. The van der Waals surface area contributed by atoms with Gasteiger partial charge in [0.25, 0.3) is 0 Å². The lowest BCUT2D eigenvalue weighted by Gasteiger charge is -2.09. The third-order valence-corrected chi connectivity index (χ3v) is 3.32. The summed E-state index contributed by atoms with van der Waals surface area (Å²) in [6.45, 7) is 2.29. The largest absolute Gasteiger partial charge is 0.376 e. The van der Waals surface area contributed by atoms with Gasteiger partial charge in [-0.05, 0) is 42.8 Å². The standard InChI is InChI=1S/C17H14F2N2/c1-11-5-7-13-9-12(6-8-16(13)21-11)10-20-17-14(18)3-2-4-15(17)19/h2-9,20H,10H2,1H3. The van der Waals surface area contributed by atoms with Crippen LogP contribution in [0.3, 0.4) is 0 Å². The van der Waals surface area contributed by atoms with Crippen LogP contribution in [0.25, 0.3) is 10.9 Å². The molecule has 0 fully saturated rings. The van der Waals surface area contributed by atoms with Gasteiger partial charge in [-0.2, -0.15) is 0 Å². The number of aryl methyl sites for hydroxylation is 1. The molecule has 3 aromatic rings. The Bertz CT molecular complexity index is 780. The van der Waals surface area contributed by atoms with E-state index in [4.69, 9.17) is 0 Å². The molecular formula is C17H14F2N2. The van der Waals surface area contributed by atoms with Crippen molar-refractivity contribution in [2.45, 2.75) is 13.5 Å². The molecule has 0 aliphatic heterocycles. The summed E-state index contributed by atoms with van der Waals surface area (Å²) in [7, 11) is 0. The minimum Gasteiger partial charge on any atom is -0.376 e. The molecule has 1 heterocycles. The first-order chi connectivity index (χ1) is 10.1. The van der Waals surface area contributed by atoms with Gasteiger partial charge in [-0.15, -0.1) is 0 Å². The monoisotopic (exact) mass is 284 g/mol. The van der Waals surface area contributed by atoms with Crippen molar-refractivity contribution in [2.75, 3.05) is 5.32 Å². The summed E-state index contributed by atoms with van der Waals surface area (Å²) in [6, 6.07) is 13.5. The van der Waals surface area contributed by atoms with Crippen LogP contribution in [-0.4, -0.2) is 4.98 Å². The van der Waals surface area contributed by atoms with Crippen LogP contribution in [0.2, 0.25) is 0 Å². The van der Waals surface area contributed by atoms with Crippen LogP contribution in [0.15, 0.2) is 48.5 Å². The number of fused-ring (bicyclic) bond motifs is 1. The topological polar surface area (TPSA) is 24.9 Å². The third kappa shape index (κ3) is 2.84. The van der Waals surface area contributed by atoms with Crippen molar-refractivity contribution < 1.29 is 8.78 Å². The van der Waals surface area contributed by atoms with Crippen molar-refractivity contribution in [2.24, 2.45) is 0 Å². The zero-order valence-electron chi connectivity index (χ0n) is 11.5. The van der Waals surface area contributed by atoms with Crippen molar-refractivity contribution in [1.82, 2.24) is 4.98 Å². The maximum atomic E-state index is 13.5. The molecule has 0 spiro atoms. The van der Waals surface area contributed by atoms with Crippen LogP contribution in [0.1, 0.15) is 11.3 Å². The summed E-state index contributed by atoms with van der Waals surface area (Å²) < 4.78 is 27.1. The third-order valence-electron chi connectivity index (χ3n) is 3.32. The molecule has 3 rings (SSSR count). The second-order valence-corrected chi connectivity index (χ2v) is 4.93. The molecule has 1 N–H and O–H groups in total. The van der Waals surface area contributed by atoms with Crippen molar-refractivity contribution >= 4 is 16.6 Å². The fraction of sp³-hybridized carbons (Fsp3) is 0.118. The van der Waals surface area contributed by atoms with Crippen LogP contribution in [0.4, 0.5) is 14.5 Å². The van der Waals surface area contributed by atoms with Gasteiger partial charge < -0.3 is 5.32 Å². The molecule has 21 heavy (non-hydrogen) atoms. The molecule has 4 heteroatoms. The molecular weight excluding hydrogens is 270 g/mol. The number of aromatic nitrogens is 1. The van der Waals surface area contributed by atoms with Gasteiger partial charge in [0.2, 0.25) is 0 Å². The number of nitrogens with zero attached hydrogens (tertiary/aromatic N) is 1. The normalized spacial score (nSPS) is 10.8. The summed E-state index contributed by atoms with van der Waals surface area (Å²) >= 11 is 0. The van der Waals surface area contributed by atoms with E-state index in [0.29, 0.717) is 6.54 Å². The summed E-state index contributed by atoms with van der Waals surface area (Å²) in [5, 5.41) is 3.81. The van der Waals surface area contributed by atoms with E-state index in [0.717, 1.165) is 22.2 Å². The smallest absolute Gasteiger partial charge is 0.149 e. The summed E-state index contributed by atoms with van der Waals surface area (Å²) in [5.41, 5.74) is 2.72. The number of benzene rings is 2. The first-order valence-corrected chi connectivity index (χ1v) is 6.68. The second-order valence-electron chi connectivity index (χ2n) is 4.93. The fourth-order valence-electron chi connectivity index (χ4n) is 2.24. The Kier molecular flexibility index (Phi) is 3.52. The lowest BCUT2D eigenvalue weighted by molar-refractivity contribution is 0.588. The highest BCUT2D eigenvalue weighted by atomic mass is 19.1. The summed E-state index contributed by atoms with van der Waals surface area (Å²) in [4.78, 5) is 4.42. The molecule has 0 radical (unpaired) electrons. The Balaban J connectivity index is 1.84. The molecule has 0 bridgehead atoms. The Morgan fingerprint density at radius 2 is 1.76 bits per heavy atom. The number of nitrogens with one attached hydrogen (secondary N) is 1. The van der Waals surface area contributed by atoms with Crippen molar-refractivity contribution in [3.8, 4) is 0 Å². The van der Waals surface area contributed by atoms with Gasteiger partial charge in [-0.3, -0.25) is 4.98 Å². The van der Waals surface area contributed by atoms with Crippen LogP contribution in [-0.2, 0) is 6.54 Å². The van der Waals surface area contributed by atoms with Gasteiger partial charge >= 0.3 is 0 Å². The molecule has 0 amide bonds. The molecule has 106 valence electrons. The van der Waals surface area contributed by atoms with E-state index < -0.39 is 11.6 Å². The quantitative estimate of drug-likeness (QED) is 0.769. The van der Waals surface area contributed by atoms with Gasteiger partial charge in [0, 0.05) is 17.6 Å². The Morgan fingerprint density at radius 3 is 2.52 bits per heavy atom. The minimum absolute atomic E-state index is 0.0976. The average molecular weight is 284 g/mol. The zero-order chi connectivity index (χ0) is 14.8. The average Bonchev–Trinajstić information content (AvgIpc) is 2.47. The predicted octanol–water partition coefficient (Wildman–Crippen LogP) is 4.43. The number of hydrogen-bond acceptors (Lipinski definition) is 2. The van der Waals surface area contributed by atoms with Crippen molar-refractivity contribution in [3.63, 3.8) is 0 Å². The summed E-state index contributed by atoms with van der Waals surface area (Å²) in [6.07, 6.45) is 0. The minimum atomic E-state index is -0.590. The first-order valence-electron chi connectivity index (χ1n) is 6.68. The van der Waals surface area contributed by atoms with Crippen LogP contribution >= 0.6 is 0 Å². The Hall–Kier alpha value is -2.49. The molecule has 0 aliphatic rings. The zero-order valence-corrected chi connectivity index (χ0v) is 11.5. The fourth-order valence-corrected chi connectivity index (χ4v) is 2.24. The lowest BCUT2D eigenvalue weighted by Crippen LogP contribution is -2.03. The van der Waals surface area contributed by atoms with Crippen LogP contribution in [0.5, 0.6) is 0 Å². The van der Waals surface area contributed by atoms with Crippen molar-refractivity contribution in [3.05, 3.63) is 71.4 Å². The maximum absolute atomic E-state index is 13.5. The Morgan fingerprint density at radius 1 is 1.00 bits per heavy atom. The van der Waals surface area contributed by atoms with Gasteiger partial charge in [-0.1, -0.05) is 18.2 Å². The van der Waals surface area contributed by atoms with E-state index in [-0.39, 0.29) is 5.69 Å². The van der Waals surface area contributed by atoms with Crippen LogP contribution in [0, 0.1) is 18.6 Å². The molecule has 2 aromatic carbocycles. The lowest BCUT2D eigenvalue weighted by atomic mass is 10.1. The SMILES string of the molecule is Cc1ccc2cc(CNc3c(F)cccc3F)ccc2n1. The van der Waals surface area contributed by atoms with E-state index in [1.165, 1.54) is 18.2 Å². The van der Waals surface area contributed by atoms with E-state index >= 15 is 0 Å². The van der Waals surface area contributed by atoms with E-state index in [1.54, 1.807) is 0 Å². The van der Waals surface area contributed by atoms with Crippen LogP contribution < -0.4 is 5.32 Å². The molecule has 0 aliphatic carbocycles. The molecule has 0 saturated heterocycles. The van der Waals surface area contributed by atoms with Gasteiger partial charge in [-0.25, -0.2) is 8.78 Å². The summed E-state index contributed by atoms with van der Waals surface area (Å²) in [5.74, 6) is -1.18.